The zero-order chi connectivity index (χ0) is 18.6. The van der Waals surface area contributed by atoms with E-state index in [1.54, 1.807) is 19.9 Å². The first-order valence-corrected chi connectivity index (χ1v) is 8.93. The van der Waals surface area contributed by atoms with Crippen LogP contribution in [0.5, 0.6) is 0 Å². The lowest BCUT2D eigenvalue weighted by molar-refractivity contribution is -0.255. The zero-order valence-electron chi connectivity index (χ0n) is 15.7. The fraction of sp³-hybridized carbons (Fsp3) is 0.800. The minimum absolute atomic E-state index is 0.127. The van der Waals surface area contributed by atoms with Gasteiger partial charge in [0.25, 0.3) is 0 Å². The van der Waals surface area contributed by atoms with Gasteiger partial charge < -0.3 is 20.4 Å². The van der Waals surface area contributed by atoms with E-state index in [4.69, 9.17) is 0 Å². The van der Waals surface area contributed by atoms with E-state index < -0.39 is 23.4 Å². The second-order valence-corrected chi connectivity index (χ2v) is 9.25. The van der Waals surface area contributed by atoms with Crippen molar-refractivity contribution in [1.82, 2.24) is 0 Å². The first-order chi connectivity index (χ1) is 10.8. The number of aliphatic hydroxyl groups is 4. The first kappa shape index (κ1) is 19.6. The lowest BCUT2D eigenvalue weighted by Gasteiger charge is -2.63. The molecule has 0 aromatic carbocycles. The molecule has 0 bridgehead atoms. The van der Waals surface area contributed by atoms with Crippen LogP contribution < -0.4 is 0 Å². The summed E-state index contributed by atoms with van der Waals surface area (Å²) in [7, 11) is 0. The molecule has 2 aliphatic rings. The zero-order valence-corrected chi connectivity index (χ0v) is 15.7. The molecule has 1 unspecified atom stereocenters. The van der Waals surface area contributed by atoms with Gasteiger partial charge in [-0.1, -0.05) is 52.0 Å². The number of aliphatic hydroxyl groups excluding tert-OH is 2. The standard InChI is InChI=1S/C20H34O4/c1-7-18(4,23)12-9-13-19(5)11-8-10-17(2,3)15(19)14(21)16(22)20(13,6)24/h7,9,12-16,21-24H,1,8,10-11H2,2-6H3/b12-9+/t13-,14-,15?,16+,18+,19-,20+/m1/s1. The van der Waals surface area contributed by atoms with Crippen molar-refractivity contribution < 1.29 is 20.4 Å². The quantitative estimate of drug-likeness (QED) is 0.596. The van der Waals surface area contributed by atoms with Gasteiger partial charge in [0.1, 0.15) is 6.10 Å². The van der Waals surface area contributed by atoms with Crippen molar-refractivity contribution in [3.63, 3.8) is 0 Å². The van der Waals surface area contributed by atoms with E-state index in [9.17, 15) is 20.4 Å². The minimum atomic E-state index is -1.47. The summed E-state index contributed by atoms with van der Waals surface area (Å²) >= 11 is 0. The number of rotatable bonds is 3. The summed E-state index contributed by atoms with van der Waals surface area (Å²) in [6.45, 7) is 13.2. The predicted molar refractivity (Wildman–Crippen MR) is 95.3 cm³/mol. The second-order valence-electron chi connectivity index (χ2n) is 9.25. The van der Waals surface area contributed by atoms with E-state index in [1.807, 2.05) is 6.08 Å². The van der Waals surface area contributed by atoms with Crippen LogP contribution in [0.15, 0.2) is 24.8 Å². The van der Waals surface area contributed by atoms with Gasteiger partial charge in [-0.3, -0.25) is 0 Å². The molecule has 2 fully saturated rings. The van der Waals surface area contributed by atoms with Crippen molar-refractivity contribution >= 4 is 0 Å². The van der Waals surface area contributed by atoms with Gasteiger partial charge in [0.2, 0.25) is 0 Å². The van der Waals surface area contributed by atoms with Crippen LogP contribution in [-0.2, 0) is 0 Å². The molecule has 24 heavy (non-hydrogen) atoms. The normalized spacial score (nSPS) is 47.9. The maximum atomic E-state index is 11.0. The molecule has 0 aromatic rings. The summed E-state index contributed by atoms with van der Waals surface area (Å²) < 4.78 is 0. The van der Waals surface area contributed by atoms with Crippen molar-refractivity contribution in [2.75, 3.05) is 0 Å². The molecule has 2 aliphatic carbocycles. The molecule has 0 spiro atoms. The molecule has 2 rings (SSSR count). The molecule has 0 radical (unpaired) electrons. The van der Waals surface area contributed by atoms with Crippen LogP contribution in [0.4, 0.5) is 0 Å². The van der Waals surface area contributed by atoms with Gasteiger partial charge in [-0.15, -0.1) is 0 Å². The van der Waals surface area contributed by atoms with Crippen molar-refractivity contribution in [2.45, 2.75) is 77.3 Å². The summed E-state index contributed by atoms with van der Waals surface area (Å²) in [6.07, 6.45) is 5.56. The predicted octanol–water partition coefficient (Wildman–Crippen LogP) is 2.41. The van der Waals surface area contributed by atoms with Crippen molar-refractivity contribution in [3.8, 4) is 0 Å². The van der Waals surface area contributed by atoms with E-state index >= 15 is 0 Å². The summed E-state index contributed by atoms with van der Waals surface area (Å²) in [5.74, 6) is -0.503. The van der Waals surface area contributed by atoms with Crippen LogP contribution in [-0.4, -0.2) is 43.8 Å². The SMILES string of the molecule is C=C[C@](C)(O)/C=C/[C@H]1[C@](C)(O)[C@@H](O)[C@H](O)C2C(C)(C)CCC[C@@]21C. The molecular formula is C20H34O4. The van der Waals surface area contributed by atoms with Gasteiger partial charge in [-0.2, -0.15) is 0 Å². The first-order valence-electron chi connectivity index (χ1n) is 8.93. The lowest BCUT2D eigenvalue weighted by atomic mass is 9.44. The van der Waals surface area contributed by atoms with E-state index in [0.717, 1.165) is 19.3 Å². The van der Waals surface area contributed by atoms with Crippen molar-refractivity contribution in [2.24, 2.45) is 22.7 Å². The van der Waals surface area contributed by atoms with E-state index in [1.165, 1.54) is 6.08 Å². The van der Waals surface area contributed by atoms with Crippen LogP contribution in [0.2, 0.25) is 0 Å². The Hall–Kier alpha value is -0.680. The molecule has 138 valence electrons. The molecule has 4 nitrogen and oxygen atoms in total. The van der Waals surface area contributed by atoms with Gasteiger partial charge in [0.05, 0.1) is 17.3 Å². The number of hydrogen-bond acceptors (Lipinski definition) is 4. The summed E-state index contributed by atoms with van der Waals surface area (Å²) in [5, 5.41) is 42.7. The molecule has 2 saturated carbocycles. The van der Waals surface area contributed by atoms with Crippen LogP contribution in [0.3, 0.4) is 0 Å². The maximum absolute atomic E-state index is 11.0. The maximum Gasteiger partial charge on any atom is 0.109 e. The molecule has 7 atom stereocenters. The highest BCUT2D eigenvalue weighted by Gasteiger charge is 2.64. The molecule has 0 amide bonds. The second kappa shape index (κ2) is 5.94. The summed E-state index contributed by atoms with van der Waals surface area (Å²) in [6, 6.07) is 0. The molecule has 0 saturated heterocycles. The van der Waals surface area contributed by atoms with E-state index in [-0.39, 0.29) is 22.7 Å². The fourth-order valence-corrected chi connectivity index (χ4v) is 5.48. The Morgan fingerprint density at radius 3 is 2.25 bits per heavy atom. The van der Waals surface area contributed by atoms with Gasteiger partial charge in [-0.05, 0) is 43.4 Å². The third kappa shape index (κ3) is 2.98. The highest BCUT2D eigenvalue weighted by atomic mass is 16.4. The lowest BCUT2D eigenvalue weighted by Crippen LogP contribution is -2.69. The average molecular weight is 338 g/mol. The van der Waals surface area contributed by atoms with Gasteiger partial charge in [-0.25, -0.2) is 0 Å². The topological polar surface area (TPSA) is 80.9 Å². The summed E-state index contributed by atoms with van der Waals surface area (Å²) in [4.78, 5) is 0. The van der Waals surface area contributed by atoms with Crippen LogP contribution in [0, 0.1) is 22.7 Å². The molecule has 0 aromatic heterocycles. The Balaban J connectivity index is 2.55. The average Bonchev–Trinajstić information content (AvgIpc) is 2.43. The number of hydrogen-bond donors (Lipinski definition) is 4. The molecule has 0 heterocycles. The van der Waals surface area contributed by atoms with Crippen molar-refractivity contribution in [3.05, 3.63) is 24.8 Å². The third-order valence-electron chi connectivity index (χ3n) is 6.73. The van der Waals surface area contributed by atoms with E-state index in [2.05, 4.69) is 27.4 Å². The molecule has 4 heteroatoms. The molecule has 4 N–H and O–H groups in total. The Kier molecular flexibility index (Phi) is 4.86. The van der Waals surface area contributed by atoms with Gasteiger partial charge in [0, 0.05) is 5.92 Å². The third-order valence-corrected chi connectivity index (χ3v) is 6.73. The number of fused-ring (bicyclic) bond motifs is 1. The Morgan fingerprint density at radius 1 is 1.12 bits per heavy atom. The van der Waals surface area contributed by atoms with Crippen LogP contribution >= 0.6 is 0 Å². The van der Waals surface area contributed by atoms with Gasteiger partial charge in [0.15, 0.2) is 0 Å². The van der Waals surface area contributed by atoms with Crippen LogP contribution in [0.1, 0.15) is 53.9 Å². The largest absolute Gasteiger partial charge is 0.390 e. The Morgan fingerprint density at radius 2 is 1.71 bits per heavy atom. The van der Waals surface area contributed by atoms with Gasteiger partial charge >= 0.3 is 0 Å². The van der Waals surface area contributed by atoms with E-state index in [0.29, 0.717) is 0 Å². The highest BCUT2D eigenvalue weighted by molar-refractivity contribution is 5.21. The smallest absolute Gasteiger partial charge is 0.109 e. The molecular weight excluding hydrogens is 304 g/mol. The minimum Gasteiger partial charge on any atom is -0.390 e. The fourth-order valence-electron chi connectivity index (χ4n) is 5.48. The Labute approximate surface area is 145 Å². The highest BCUT2D eigenvalue weighted by Crippen LogP contribution is 2.62. The van der Waals surface area contributed by atoms with Crippen LogP contribution in [0.25, 0.3) is 0 Å². The Bertz CT molecular complexity index is 520. The van der Waals surface area contributed by atoms with Crippen molar-refractivity contribution in [1.29, 1.82) is 0 Å². The monoisotopic (exact) mass is 338 g/mol. The summed E-state index contributed by atoms with van der Waals surface area (Å²) in [5.41, 5.74) is -3.13. The molecule has 0 aliphatic heterocycles.